The summed E-state index contributed by atoms with van der Waals surface area (Å²) in [4.78, 5) is 9.03. The molecule has 1 N–H and O–H groups in total. The average Bonchev–Trinajstić information content (AvgIpc) is 2.67. The molecule has 4 nitrogen and oxygen atoms in total. The molecule has 0 saturated carbocycles. The maximum absolute atomic E-state index is 10.6. The smallest absolute Gasteiger partial charge is 0.146 e. The van der Waals surface area contributed by atoms with Crippen molar-refractivity contribution in [3.63, 3.8) is 0 Å². The molecule has 0 radical (unpaired) electrons. The Morgan fingerprint density at radius 1 is 1.00 bits per heavy atom. The van der Waals surface area contributed by atoms with Crippen LogP contribution in [0.2, 0.25) is 5.02 Å². The molecule has 2 heterocycles. The van der Waals surface area contributed by atoms with E-state index >= 15 is 0 Å². The Morgan fingerprint density at radius 2 is 1.73 bits per heavy atom. The van der Waals surface area contributed by atoms with Crippen LogP contribution in [0, 0.1) is 0 Å². The van der Waals surface area contributed by atoms with Crippen LogP contribution >= 0.6 is 24.0 Å². The van der Waals surface area contributed by atoms with Crippen LogP contribution in [0.15, 0.2) is 54.7 Å². The summed E-state index contributed by atoms with van der Waals surface area (Å²) in [5.74, 6) is 0.241. The first-order valence-electron chi connectivity index (χ1n) is 8.50. The Labute approximate surface area is 164 Å². The van der Waals surface area contributed by atoms with Crippen molar-refractivity contribution in [1.82, 2.24) is 9.88 Å². The second-order valence-electron chi connectivity index (χ2n) is 6.36. The summed E-state index contributed by atoms with van der Waals surface area (Å²) >= 11 is 6.38. The van der Waals surface area contributed by atoms with Gasteiger partial charge in [0.2, 0.25) is 0 Å². The highest BCUT2D eigenvalue weighted by Gasteiger charge is 2.19. The molecular formula is C20H21Cl2N3O. The van der Waals surface area contributed by atoms with Gasteiger partial charge in [0.25, 0.3) is 0 Å². The number of phenolic OH excluding ortho intramolecular Hbond substituents is 1. The van der Waals surface area contributed by atoms with Gasteiger partial charge in [-0.1, -0.05) is 29.8 Å². The summed E-state index contributed by atoms with van der Waals surface area (Å²) in [5.41, 5.74) is 2.68. The van der Waals surface area contributed by atoms with Crippen molar-refractivity contribution < 1.29 is 5.11 Å². The molecule has 1 fully saturated rings. The zero-order valence-electron chi connectivity index (χ0n) is 14.3. The van der Waals surface area contributed by atoms with Gasteiger partial charge in [-0.15, -0.1) is 12.4 Å². The van der Waals surface area contributed by atoms with E-state index in [9.17, 15) is 5.11 Å². The molecule has 0 aliphatic carbocycles. The minimum atomic E-state index is 0. The molecule has 1 aromatic heterocycles. The van der Waals surface area contributed by atoms with E-state index in [1.54, 1.807) is 6.20 Å². The largest absolute Gasteiger partial charge is 0.505 e. The monoisotopic (exact) mass is 389 g/mol. The summed E-state index contributed by atoms with van der Waals surface area (Å²) in [6.45, 7) is 4.54. The first-order chi connectivity index (χ1) is 12.2. The second-order valence-corrected chi connectivity index (χ2v) is 6.77. The van der Waals surface area contributed by atoms with Crippen molar-refractivity contribution in [2.24, 2.45) is 0 Å². The first-order valence-corrected chi connectivity index (χ1v) is 8.87. The second kappa shape index (κ2) is 8.12. The number of anilines is 1. The Morgan fingerprint density at radius 3 is 2.46 bits per heavy atom. The van der Waals surface area contributed by atoms with Gasteiger partial charge in [0.05, 0.1) is 5.02 Å². The SMILES string of the molecule is Cl.Oc1c(CN2CCN(c3ccccc3)CC2)cc(Cl)c2cccnc12. The van der Waals surface area contributed by atoms with Crippen molar-refractivity contribution in [3.8, 4) is 5.75 Å². The number of halogens is 2. The Balaban J connectivity index is 0.00000196. The molecule has 136 valence electrons. The normalized spacial score (nSPS) is 15.0. The molecule has 1 aliphatic rings. The molecule has 1 saturated heterocycles. The Bertz CT molecular complexity index is 881. The van der Waals surface area contributed by atoms with Gasteiger partial charge in [-0.2, -0.15) is 0 Å². The quantitative estimate of drug-likeness (QED) is 0.722. The third-order valence-electron chi connectivity index (χ3n) is 4.78. The predicted octanol–water partition coefficient (Wildman–Crippen LogP) is 4.34. The zero-order valence-corrected chi connectivity index (χ0v) is 15.9. The number of hydrogen-bond acceptors (Lipinski definition) is 4. The van der Waals surface area contributed by atoms with E-state index in [2.05, 4.69) is 39.0 Å². The molecule has 0 atom stereocenters. The number of rotatable bonds is 3. The van der Waals surface area contributed by atoms with Crippen LogP contribution in [0.5, 0.6) is 5.75 Å². The lowest BCUT2D eigenvalue weighted by molar-refractivity contribution is 0.247. The number of nitrogens with zero attached hydrogens (tertiary/aromatic N) is 3. The van der Waals surface area contributed by atoms with Crippen LogP contribution in [0.25, 0.3) is 10.9 Å². The zero-order chi connectivity index (χ0) is 17.2. The third kappa shape index (κ3) is 3.73. The van der Waals surface area contributed by atoms with Crippen molar-refractivity contribution in [1.29, 1.82) is 0 Å². The van der Waals surface area contributed by atoms with Crippen LogP contribution in [-0.2, 0) is 6.54 Å². The summed E-state index contributed by atoms with van der Waals surface area (Å²) in [7, 11) is 0. The van der Waals surface area contributed by atoms with E-state index in [0.29, 0.717) is 17.1 Å². The van der Waals surface area contributed by atoms with Crippen molar-refractivity contribution in [2.45, 2.75) is 6.54 Å². The molecule has 0 spiro atoms. The predicted molar refractivity (Wildman–Crippen MR) is 110 cm³/mol. The first kappa shape index (κ1) is 18.8. The minimum Gasteiger partial charge on any atom is -0.505 e. The number of hydrogen-bond donors (Lipinski definition) is 1. The highest BCUT2D eigenvalue weighted by atomic mass is 35.5. The number of fused-ring (bicyclic) bond motifs is 1. The van der Waals surface area contributed by atoms with Gasteiger partial charge in [0.15, 0.2) is 0 Å². The van der Waals surface area contributed by atoms with E-state index in [0.717, 1.165) is 37.1 Å². The molecule has 1 aliphatic heterocycles. The lowest BCUT2D eigenvalue weighted by Gasteiger charge is -2.36. The van der Waals surface area contributed by atoms with E-state index in [4.69, 9.17) is 11.6 Å². The molecule has 0 bridgehead atoms. The molecule has 26 heavy (non-hydrogen) atoms. The number of benzene rings is 2. The number of aromatic nitrogens is 1. The van der Waals surface area contributed by atoms with E-state index in [1.807, 2.05) is 24.3 Å². The van der Waals surface area contributed by atoms with Gasteiger partial charge in [0.1, 0.15) is 11.3 Å². The molecule has 0 unspecified atom stereocenters. The van der Waals surface area contributed by atoms with Crippen LogP contribution in [0.3, 0.4) is 0 Å². The molecular weight excluding hydrogens is 369 g/mol. The number of pyridine rings is 1. The number of phenols is 1. The van der Waals surface area contributed by atoms with E-state index < -0.39 is 0 Å². The highest BCUT2D eigenvalue weighted by Crippen LogP contribution is 2.33. The highest BCUT2D eigenvalue weighted by molar-refractivity contribution is 6.35. The van der Waals surface area contributed by atoms with Gasteiger partial charge < -0.3 is 10.0 Å². The standard InChI is InChI=1S/C20H20ClN3O.ClH/c21-18-13-15(20(25)19-17(18)7-4-8-22-19)14-23-9-11-24(12-10-23)16-5-2-1-3-6-16;/h1-8,13,25H,9-12,14H2;1H. The third-order valence-corrected chi connectivity index (χ3v) is 5.09. The van der Waals surface area contributed by atoms with Gasteiger partial charge in [-0.05, 0) is 30.3 Å². The summed E-state index contributed by atoms with van der Waals surface area (Å²) in [5, 5.41) is 12.0. The van der Waals surface area contributed by atoms with E-state index in [-0.39, 0.29) is 18.2 Å². The van der Waals surface area contributed by atoms with Gasteiger partial charge in [-0.25, -0.2) is 0 Å². The Kier molecular flexibility index (Phi) is 5.87. The molecule has 4 rings (SSSR count). The molecule has 2 aromatic carbocycles. The minimum absolute atomic E-state index is 0. The topological polar surface area (TPSA) is 39.6 Å². The number of piperazine rings is 1. The van der Waals surface area contributed by atoms with Crippen LogP contribution < -0.4 is 4.90 Å². The van der Waals surface area contributed by atoms with Gasteiger partial charge in [-0.3, -0.25) is 9.88 Å². The fourth-order valence-electron chi connectivity index (χ4n) is 3.40. The van der Waals surface area contributed by atoms with Crippen molar-refractivity contribution >= 4 is 40.6 Å². The summed E-state index contributed by atoms with van der Waals surface area (Å²) in [6.07, 6.45) is 1.68. The average molecular weight is 390 g/mol. The van der Waals surface area contributed by atoms with Crippen LogP contribution in [-0.4, -0.2) is 41.2 Å². The lowest BCUT2D eigenvalue weighted by atomic mass is 10.1. The number of aromatic hydroxyl groups is 1. The molecule has 6 heteroatoms. The summed E-state index contributed by atoms with van der Waals surface area (Å²) in [6, 6.07) is 16.1. The number of para-hydroxylation sites is 1. The fourth-order valence-corrected chi connectivity index (χ4v) is 3.69. The lowest BCUT2D eigenvalue weighted by Crippen LogP contribution is -2.45. The maximum atomic E-state index is 10.6. The van der Waals surface area contributed by atoms with Gasteiger partial charge >= 0.3 is 0 Å². The van der Waals surface area contributed by atoms with Crippen molar-refractivity contribution in [3.05, 3.63) is 65.3 Å². The van der Waals surface area contributed by atoms with Crippen molar-refractivity contribution in [2.75, 3.05) is 31.1 Å². The molecule has 0 amide bonds. The fraction of sp³-hybridized carbons (Fsp3) is 0.250. The Hall–Kier alpha value is -2.01. The van der Waals surface area contributed by atoms with Crippen LogP contribution in [0.1, 0.15) is 5.56 Å². The van der Waals surface area contributed by atoms with Crippen LogP contribution in [0.4, 0.5) is 5.69 Å². The molecule has 3 aromatic rings. The summed E-state index contributed by atoms with van der Waals surface area (Å²) < 4.78 is 0. The van der Waals surface area contributed by atoms with Gasteiger partial charge in [0, 0.05) is 55.6 Å². The van der Waals surface area contributed by atoms with E-state index in [1.165, 1.54) is 5.69 Å². The maximum Gasteiger partial charge on any atom is 0.146 e.